The molecule has 0 heterocycles. The van der Waals surface area contributed by atoms with Crippen LogP contribution < -0.4 is 0 Å². The Bertz CT molecular complexity index is 310. The van der Waals surface area contributed by atoms with E-state index in [1.807, 2.05) is 6.08 Å². The first-order valence-electron chi connectivity index (χ1n) is 5.91. The van der Waals surface area contributed by atoms with Crippen LogP contribution in [0, 0.1) is 13.8 Å². The van der Waals surface area contributed by atoms with Crippen molar-refractivity contribution in [3.05, 3.63) is 47.5 Å². The summed E-state index contributed by atoms with van der Waals surface area (Å²) >= 11 is 0. The van der Waals surface area contributed by atoms with Gasteiger partial charge in [-0.05, 0) is 56.2 Å². The van der Waals surface area contributed by atoms with E-state index in [9.17, 15) is 0 Å². The first-order valence-corrected chi connectivity index (χ1v) is 5.91. The molecule has 0 aliphatic heterocycles. The van der Waals surface area contributed by atoms with E-state index in [0.717, 1.165) is 6.42 Å². The van der Waals surface area contributed by atoms with Crippen LogP contribution in [-0.2, 0) is 6.42 Å². The predicted molar refractivity (Wildman–Crippen MR) is 68.3 cm³/mol. The molecular formula is C15H22. The third-order valence-electron chi connectivity index (χ3n) is 2.95. The van der Waals surface area contributed by atoms with Crippen LogP contribution in [0.1, 0.15) is 42.4 Å². The predicted octanol–water partition coefficient (Wildman–Crippen LogP) is 4.59. The third kappa shape index (κ3) is 4.33. The fraction of sp³-hybridized carbons (Fsp3) is 0.467. The lowest BCUT2D eigenvalue weighted by molar-refractivity contribution is 0.687. The van der Waals surface area contributed by atoms with Gasteiger partial charge in [0, 0.05) is 0 Å². The van der Waals surface area contributed by atoms with Crippen LogP contribution in [0.5, 0.6) is 0 Å². The minimum atomic E-state index is 1.16. The zero-order valence-corrected chi connectivity index (χ0v) is 10.1. The Morgan fingerprint density at radius 3 is 2.53 bits per heavy atom. The molecular weight excluding hydrogens is 180 g/mol. The highest BCUT2D eigenvalue weighted by molar-refractivity contribution is 5.29. The normalized spacial score (nSPS) is 10.3. The summed E-state index contributed by atoms with van der Waals surface area (Å²) in [5.74, 6) is 0. The molecule has 15 heavy (non-hydrogen) atoms. The van der Waals surface area contributed by atoms with E-state index >= 15 is 0 Å². The van der Waals surface area contributed by atoms with Gasteiger partial charge in [0.2, 0.25) is 0 Å². The molecule has 1 aromatic carbocycles. The molecule has 0 nitrogen and oxygen atoms in total. The number of hydrogen-bond acceptors (Lipinski definition) is 0. The van der Waals surface area contributed by atoms with E-state index in [1.165, 1.54) is 42.4 Å². The average molecular weight is 202 g/mol. The van der Waals surface area contributed by atoms with Crippen molar-refractivity contribution in [3.8, 4) is 0 Å². The van der Waals surface area contributed by atoms with Gasteiger partial charge in [-0.1, -0.05) is 30.7 Å². The lowest BCUT2D eigenvalue weighted by Crippen LogP contribution is -1.88. The Kier molecular flexibility index (Phi) is 5.17. The largest absolute Gasteiger partial charge is 0.103 e. The monoisotopic (exact) mass is 202 g/mol. The van der Waals surface area contributed by atoms with Crippen molar-refractivity contribution < 1.29 is 0 Å². The Hall–Kier alpha value is -1.04. The molecule has 1 rings (SSSR count). The van der Waals surface area contributed by atoms with E-state index in [1.54, 1.807) is 0 Å². The van der Waals surface area contributed by atoms with Gasteiger partial charge in [0.05, 0.1) is 0 Å². The minimum Gasteiger partial charge on any atom is -0.103 e. The second-order valence-electron chi connectivity index (χ2n) is 4.31. The van der Waals surface area contributed by atoms with Crippen molar-refractivity contribution in [1.29, 1.82) is 0 Å². The summed E-state index contributed by atoms with van der Waals surface area (Å²) < 4.78 is 0. The van der Waals surface area contributed by atoms with E-state index in [4.69, 9.17) is 0 Å². The Morgan fingerprint density at radius 2 is 1.87 bits per heavy atom. The van der Waals surface area contributed by atoms with Gasteiger partial charge in [0.15, 0.2) is 0 Å². The van der Waals surface area contributed by atoms with E-state index in [2.05, 4.69) is 38.6 Å². The third-order valence-corrected chi connectivity index (χ3v) is 2.95. The van der Waals surface area contributed by atoms with Gasteiger partial charge in [-0.3, -0.25) is 0 Å². The van der Waals surface area contributed by atoms with Gasteiger partial charge in [-0.2, -0.15) is 0 Å². The van der Waals surface area contributed by atoms with Crippen LogP contribution >= 0.6 is 0 Å². The van der Waals surface area contributed by atoms with Crippen LogP contribution in [0.25, 0.3) is 0 Å². The Labute approximate surface area is 94.0 Å². The van der Waals surface area contributed by atoms with Gasteiger partial charge in [-0.25, -0.2) is 0 Å². The molecule has 0 N–H and O–H groups in total. The number of benzene rings is 1. The minimum absolute atomic E-state index is 1.16. The second-order valence-corrected chi connectivity index (χ2v) is 4.31. The maximum absolute atomic E-state index is 3.74. The van der Waals surface area contributed by atoms with E-state index in [0.29, 0.717) is 0 Å². The molecule has 0 saturated heterocycles. The first kappa shape index (κ1) is 12.0. The van der Waals surface area contributed by atoms with Crippen molar-refractivity contribution in [2.45, 2.75) is 46.0 Å². The fourth-order valence-corrected chi connectivity index (χ4v) is 1.75. The maximum Gasteiger partial charge on any atom is -0.0279 e. The first-order chi connectivity index (χ1) is 7.24. The number of rotatable bonds is 6. The molecule has 0 unspecified atom stereocenters. The average Bonchev–Trinajstić information content (AvgIpc) is 2.23. The summed E-state index contributed by atoms with van der Waals surface area (Å²) in [6.07, 6.45) is 8.30. The molecule has 0 heteroatoms. The molecule has 0 atom stereocenters. The van der Waals surface area contributed by atoms with Gasteiger partial charge in [0.25, 0.3) is 0 Å². The molecule has 0 fully saturated rings. The highest BCUT2D eigenvalue weighted by Crippen LogP contribution is 2.13. The molecule has 1 aromatic rings. The number of aryl methyl sites for hydroxylation is 3. The molecule has 0 aliphatic rings. The smallest absolute Gasteiger partial charge is 0.0279 e. The second kappa shape index (κ2) is 6.44. The molecule has 0 spiro atoms. The standard InChI is InChI=1S/C15H22/c1-4-5-6-7-8-9-15-11-10-13(2)14(3)12-15/h4,10-12H,1,5-9H2,2-3H3. The Balaban J connectivity index is 2.31. The van der Waals surface area contributed by atoms with Gasteiger partial charge < -0.3 is 0 Å². The van der Waals surface area contributed by atoms with Crippen LogP contribution in [0.4, 0.5) is 0 Å². The van der Waals surface area contributed by atoms with Crippen LogP contribution in [0.15, 0.2) is 30.9 Å². The summed E-state index contributed by atoms with van der Waals surface area (Å²) in [7, 11) is 0. The van der Waals surface area contributed by atoms with Crippen molar-refractivity contribution in [2.24, 2.45) is 0 Å². The van der Waals surface area contributed by atoms with Crippen LogP contribution in [0.2, 0.25) is 0 Å². The molecule has 0 amide bonds. The summed E-state index contributed by atoms with van der Waals surface area (Å²) in [5.41, 5.74) is 4.29. The van der Waals surface area contributed by atoms with Gasteiger partial charge >= 0.3 is 0 Å². The summed E-state index contributed by atoms with van der Waals surface area (Å²) in [6.45, 7) is 8.10. The quantitative estimate of drug-likeness (QED) is 0.467. The topological polar surface area (TPSA) is 0 Å². The number of hydrogen-bond donors (Lipinski definition) is 0. The van der Waals surface area contributed by atoms with Crippen molar-refractivity contribution in [3.63, 3.8) is 0 Å². The molecule has 0 radical (unpaired) electrons. The molecule has 0 saturated carbocycles. The summed E-state index contributed by atoms with van der Waals surface area (Å²) in [5, 5.41) is 0. The van der Waals surface area contributed by atoms with E-state index < -0.39 is 0 Å². The summed E-state index contributed by atoms with van der Waals surface area (Å²) in [6, 6.07) is 6.81. The number of unbranched alkanes of at least 4 members (excludes halogenated alkanes) is 3. The highest BCUT2D eigenvalue weighted by Gasteiger charge is 1.96. The van der Waals surface area contributed by atoms with Crippen LogP contribution in [0.3, 0.4) is 0 Å². The zero-order valence-electron chi connectivity index (χ0n) is 10.1. The molecule has 0 aromatic heterocycles. The highest BCUT2D eigenvalue weighted by atomic mass is 14.0. The molecule has 82 valence electrons. The molecule has 0 aliphatic carbocycles. The molecule has 0 bridgehead atoms. The van der Waals surface area contributed by atoms with E-state index in [-0.39, 0.29) is 0 Å². The Morgan fingerprint density at radius 1 is 1.07 bits per heavy atom. The lowest BCUT2D eigenvalue weighted by atomic mass is 10.0. The zero-order chi connectivity index (χ0) is 11.1. The SMILES string of the molecule is C=CCCCCCc1ccc(C)c(C)c1. The van der Waals surface area contributed by atoms with Gasteiger partial charge in [0.1, 0.15) is 0 Å². The lowest BCUT2D eigenvalue weighted by Gasteiger charge is -2.04. The number of allylic oxidation sites excluding steroid dienone is 1. The fourth-order valence-electron chi connectivity index (χ4n) is 1.75. The summed E-state index contributed by atoms with van der Waals surface area (Å²) in [4.78, 5) is 0. The van der Waals surface area contributed by atoms with Gasteiger partial charge in [-0.15, -0.1) is 6.58 Å². The van der Waals surface area contributed by atoms with Crippen LogP contribution in [-0.4, -0.2) is 0 Å². The van der Waals surface area contributed by atoms with Crippen molar-refractivity contribution in [2.75, 3.05) is 0 Å². The van der Waals surface area contributed by atoms with Crippen molar-refractivity contribution in [1.82, 2.24) is 0 Å². The van der Waals surface area contributed by atoms with Crippen molar-refractivity contribution >= 4 is 0 Å². The maximum atomic E-state index is 3.74.